The Morgan fingerprint density at radius 2 is 2.05 bits per heavy atom. The van der Waals surface area contributed by atoms with Gasteiger partial charge in [0.05, 0.1) is 4.90 Å². The normalized spacial score (nSPS) is 21.9. The van der Waals surface area contributed by atoms with Crippen molar-refractivity contribution in [3.8, 4) is 0 Å². The van der Waals surface area contributed by atoms with E-state index < -0.39 is 10.0 Å². The molecule has 3 rings (SSSR count). The van der Waals surface area contributed by atoms with Crippen molar-refractivity contribution in [3.05, 3.63) is 48.0 Å². The standard InChI is InChI=1S/C14H16N2O3S/c1-10-2-4-12(5-3-10)20(18,19)16-7-6-15-14(16)13-8-11(13)9-17/h2-7,11,13,17H,8-9H2,1H3. The van der Waals surface area contributed by atoms with Crippen LogP contribution in [0.15, 0.2) is 41.6 Å². The Morgan fingerprint density at radius 3 is 2.65 bits per heavy atom. The maximum atomic E-state index is 12.6. The zero-order valence-corrected chi connectivity index (χ0v) is 11.9. The summed E-state index contributed by atoms with van der Waals surface area (Å²) >= 11 is 0. The van der Waals surface area contributed by atoms with Gasteiger partial charge in [-0.05, 0) is 31.4 Å². The number of nitrogens with zero attached hydrogens (tertiary/aromatic N) is 2. The van der Waals surface area contributed by atoms with Crippen molar-refractivity contribution < 1.29 is 13.5 Å². The van der Waals surface area contributed by atoms with Gasteiger partial charge in [0.2, 0.25) is 0 Å². The predicted octanol–water partition coefficient (Wildman–Crippen LogP) is 1.52. The molecule has 1 aliphatic rings. The molecule has 1 heterocycles. The van der Waals surface area contributed by atoms with Crippen molar-refractivity contribution in [1.82, 2.24) is 8.96 Å². The summed E-state index contributed by atoms with van der Waals surface area (Å²) in [4.78, 5) is 4.41. The molecule has 1 aromatic carbocycles. The Morgan fingerprint density at radius 1 is 1.35 bits per heavy atom. The van der Waals surface area contributed by atoms with Gasteiger partial charge in [0.15, 0.2) is 0 Å². The highest BCUT2D eigenvalue weighted by atomic mass is 32.2. The molecular weight excluding hydrogens is 276 g/mol. The quantitative estimate of drug-likeness (QED) is 0.927. The maximum Gasteiger partial charge on any atom is 0.269 e. The van der Waals surface area contributed by atoms with E-state index in [1.165, 1.54) is 16.4 Å². The van der Waals surface area contributed by atoms with Gasteiger partial charge in [0, 0.05) is 24.9 Å². The first-order valence-corrected chi connectivity index (χ1v) is 7.94. The summed E-state index contributed by atoms with van der Waals surface area (Å²) < 4.78 is 26.5. The van der Waals surface area contributed by atoms with Crippen LogP contribution in [-0.2, 0) is 10.0 Å². The lowest BCUT2D eigenvalue weighted by Gasteiger charge is -2.09. The summed E-state index contributed by atoms with van der Waals surface area (Å²) in [6.45, 7) is 1.98. The monoisotopic (exact) mass is 292 g/mol. The fourth-order valence-corrected chi connectivity index (χ4v) is 3.71. The third-order valence-electron chi connectivity index (χ3n) is 3.70. The SMILES string of the molecule is Cc1ccc(S(=O)(=O)n2ccnc2C2CC2CO)cc1. The van der Waals surface area contributed by atoms with Gasteiger partial charge in [-0.2, -0.15) is 0 Å². The number of rotatable bonds is 4. The molecule has 1 saturated carbocycles. The largest absolute Gasteiger partial charge is 0.396 e. The first kappa shape index (κ1) is 13.3. The van der Waals surface area contributed by atoms with E-state index in [2.05, 4.69) is 4.98 Å². The predicted molar refractivity (Wildman–Crippen MR) is 73.9 cm³/mol. The molecule has 0 bridgehead atoms. The van der Waals surface area contributed by atoms with Crippen LogP contribution in [0.3, 0.4) is 0 Å². The smallest absolute Gasteiger partial charge is 0.269 e. The maximum absolute atomic E-state index is 12.6. The zero-order chi connectivity index (χ0) is 14.3. The van der Waals surface area contributed by atoms with Gasteiger partial charge < -0.3 is 5.11 Å². The molecule has 1 N–H and O–H groups in total. The lowest BCUT2D eigenvalue weighted by atomic mass is 10.2. The molecule has 6 heteroatoms. The highest BCUT2D eigenvalue weighted by Crippen LogP contribution is 2.46. The molecule has 5 nitrogen and oxygen atoms in total. The van der Waals surface area contributed by atoms with E-state index in [1.54, 1.807) is 24.3 Å². The average molecular weight is 292 g/mol. The lowest BCUT2D eigenvalue weighted by molar-refractivity contribution is 0.273. The fraction of sp³-hybridized carbons (Fsp3) is 0.357. The minimum absolute atomic E-state index is 0.0372. The van der Waals surface area contributed by atoms with Crippen molar-refractivity contribution in [2.75, 3.05) is 6.61 Å². The highest BCUT2D eigenvalue weighted by molar-refractivity contribution is 7.90. The molecular formula is C14H16N2O3S. The molecule has 2 atom stereocenters. The molecule has 2 unspecified atom stereocenters. The van der Waals surface area contributed by atoms with Gasteiger partial charge in [-0.1, -0.05) is 17.7 Å². The summed E-state index contributed by atoms with van der Waals surface area (Å²) in [5, 5.41) is 9.13. The molecule has 1 fully saturated rings. The number of aliphatic hydroxyl groups is 1. The van der Waals surface area contributed by atoms with E-state index in [0.717, 1.165) is 12.0 Å². The van der Waals surface area contributed by atoms with Gasteiger partial charge in [0.25, 0.3) is 10.0 Å². The number of imidazole rings is 1. The number of aliphatic hydroxyl groups excluding tert-OH is 1. The van der Waals surface area contributed by atoms with E-state index in [9.17, 15) is 8.42 Å². The molecule has 0 aliphatic heterocycles. The summed E-state index contributed by atoms with van der Waals surface area (Å²) in [5.41, 5.74) is 1.01. The Bertz CT molecular complexity index is 719. The molecule has 1 aliphatic carbocycles. The summed E-state index contributed by atoms with van der Waals surface area (Å²) in [6.07, 6.45) is 3.75. The molecule has 0 radical (unpaired) electrons. The van der Waals surface area contributed by atoms with Crippen molar-refractivity contribution >= 4 is 10.0 Å². The molecule has 0 spiro atoms. The van der Waals surface area contributed by atoms with E-state index in [0.29, 0.717) is 5.82 Å². The third kappa shape index (κ3) is 2.14. The minimum atomic E-state index is -3.61. The van der Waals surface area contributed by atoms with Gasteiger partial charge in [-0.25, -0.2) is 17.4 Å². The van der Waals surface area contributed by atoms with Gasteiger partial charge in [-0.15, -0.1) is 0 Å². The van der Waals surface area contributed by atoms with Crippen molar-refractivity contribution in [2.24, 2.45) is 5.92 Å². The van der Waals surface area contributed by atoms with Crippen LogP contribution in [0.4, 0.5) is 0 Å². The van der Waals surface area contributed by atoms with Gasteiger partial charge >= 0.3 is 0 Å². The number of hydrogen-bond acceptors (Lipinski definition) is 4. The molecule has 20 heavy (non-hydrogen) atoms. The lowest BCUT2D eigenvalue weighted by Crippen LogP contribution is -2.15. The van der Waals surface area contributed by atoms with Crippen LogP contribution in [0.1, 0.15) is 23.7 Å². The molecule has 2 aromatic rings. The summed E-state index contributed by atoms with van der Waals surface area (Å²) in [6, 6.07) is 6.75. The molecule has 0 amide bonds. The number of aromatic nitrogens is 2. The molecule has 1 aromatic heterocycles. The second kappa shape index (κ2) is 4.71. The van der Waals surface area contributed by atoms with Crippen LogP contribution in [0.25, 0.3) is 0 Å². The Balaban J connectivity index is 2.00. The topological polar surface area (TPSA) is 72.2 Å². The summed E-state index contributed by atoms with van der Waals surface area (Å²) in [5.74, 6) is 0.684. The van der Waals surface area contributed by atoms with Gasteiger partial charge in [0.1, 0.15) is 5.82 Å². The second-order valence-corrected chi connectivity index (χ2v) is 7.00. The van der Waals surface area contributed by atoms with Crippen LogP contribution >= 0.6 is 0 Å². The van der Waals surface area contributed by atoms with E-state index in [1.807, 2.05) is 6.92 Å². The zero-order valence-electron chi connectivity index (χ0n) is 11.1. The third-order valence-corrected chi connectivity index (χ3v) is 5.40. The fourth-order valence-electron chi connectivity index (χ4n) is 2.36. The summed E-state index contributed by atoms with van der Waals surface area (Å²) in [7, 11) is -3.61. The van der Waals surface area contributed by atoms with Crippen LogP contribution in [-0.4, -0.2) is 29.1 Å². The van der Waals surface area contributed by atoms with Crippen molar-refractivity contribution in [3.63, 3.8) is 0 Å². The minimum Gasteiger partial charge on any atom is -0.396 e. The Hall–Kier alpha value is -1.66. The first-order valence-electron chi connectivity index (χ1n) is 6.50. The van der Waals surface area contributed by atoms with E-state index >= 15 is 0 Å². The molecule has 0 saturated heterocycles. The molecule has 106 valence electrons. The Kier molecular flexibility index (Phi) is 3.14. The van der Waals surface area contributed by atoms with Crippen LogP contribution in [0.5, 0.6) is 0 Å². The van der Waals surface area contributed by atoms with E-state index in [-0.39, 0.29) is 23.3 Å². The van der Waals surface area contributed by atoms with Crippen LogP contribution in [0, 0.1) is 12.8 Å². The van der Waals surface area contributed by atoms with Crippen LogP contribution < -0.4 is 0 Å². The van der Waals surface area contributed by atoms with Crippen molar-refractivity contribution in [1.29, 1.82) is 0 Å². The second-order valence-electron chi connectivity index (χ2n) is 5.18. The highest BCUT2D eigenvalue weighted by Gasteiger charge is 2.42. The number of aryl methyl sites for hydroxylation is 1. The first-order chi connectivity index (χ1) is 9.54. The number of hydrogen-bond donors (Lipinski definition) is 1. The Labute approximate surface area is 118 Å². The van der Waals surface area contributed by atoms with Gasteiger partial charge in [-0.3, -0.25) is 0 Å². The number of benzene rings is 1. The van der Waals surface area contributed by atoms with E-state index in [4.69, 9.17) is 5.11 Å². The average Bonchev–Trinajstić information content (AvgIpc) is 3.05. The van der Waals surface area contributed by atoms with Crippen molar-refractivity contribution in [2.45, 2.75) is 24.2 Å². The van der Waals surface area contributed by atoms with Crippen LogP contribution in [0.2, 0.25) is 0 Å².